The molecule has 2 aromatic carbocycles. The molecule has 0 spiro atoms. The predicted octanol–water partition coefficient (Wildman–Crippen LogP) is 3.08. The zero-order chi connectivity index (χ0) is 19.5. The van der Waals surface area contributed by atoms with Crippen molar-refractivity contribution < 1.29 is 17.6 Å². The number of carbonyl (C=O) groups excluding carboxylic acids is 1. The molecule has 0 saturated carbocycles. The van der Waals surface area contributed by atoms with Crippen LogP contribution in [0.5, 0.6) is 0 Å². The molecule has 0 fully saturated rings. The molecule has 0 atom stereocenters. The Bertz CT molecular complexity index is 903. The average Bonchev–Trinajstić information content (AvgIpc) is 2.51. The van der Waals surface area contributed by atoms with Gasteiger partial charge in [-0.05, 0) is 44.0 Å². The number of hydrogen-bond acceptors (Lipinski definition) is 3. The summed E-state index contributed by atoms with van der Waals surface area (Å²) in [5.74, 6) is -0.896. The van der Waals surface area contributed by atoms with Crippen molar-refractivity contribution in [2.75, 3.05) is 18.0 Å². The van der Waals surface area contributed by atoms with Crippen molar-refractivity contribution in [1.29, 1.82) is 0 Å². The summed E-state index contributed by atoms with van der Waals surface area (Å²) >= 11 is 0. The SMILES string of the molecule is CC(=O)N(CCNS(=O)(=O)c1c(C)cc(C)cc1C)c1ccccc1F. The van der Waals surface area contributed by atoms with Crippen LogP contribution in [0, 0.1) is 26.6 Å². The first kappa shape index (κ1) is 20.1. The van der Waals surface area contributed by atoms with Crippen molar-refractivity contribution in [2.24, 2.45) is 0 Å². The second kappa shape index (κ2) is 7.97. The highest BCUT2D eigenvalue weighted by Crippen LogP contribution is 2.22. The number of sulfonamides is 1. The van der Waals surface area contributed by atoms with Gasteiger partial charge in [-0.25, -0.2) is 17.5 Å². The molecule has 0 radical (unpaired) electrons. The lowest BCUT2D eigenvalue weighted by atomic mass is 10.1. The third-order valence-electron chi connectivity index (χ3n) is 4.02. The molecule has 0 unspecified atom stereocenters. The van der Waals surface area contributed by atoms with Gasteiger partial charge in [0.1, 0.15) is 5.82 Å². The Labute approximate surface area is 153 Å². The lowest BCUT2D eigenvalue weighted by Crippen LogP contribution is -2.38. The Balaban J connectivity index is 2.17. The second-order valence-electron chi connectivity index (χ2n) is 6.25. The number of benzene rings is 2. The highest BCUT2D eigenvalue weighted by Gasteiger charge is 2.21. The second-order valence-corrected chi connectivity index (χ2v) is 7.95. The summed E-state index contributed by atoms with van der Waals surface area (Å²) in [6.07, 6.45) is 0. The van der Waals surface area contributed by atoms with E-state index in [-0.39, 0.29) is 29.6 Å². The molecule has 0 aromatic heterocycles. The molecule has 5 nitrogen and oxygen atoms in total. The Morgan fingerprint density at radius 2 is 1.69 bits per heavy atom. The van der Waals surface area contributed by atoms with Gasteiger partial charge in [0.2, 0.25) is 15.9 Å². The molecule has 140 valence electrons. The van der Waals surface area contributed by atoms with Gasteiger partial charge in [0, 0.05) is 20.0 Å². The van der Waals surface area contributed by atoms with Gasteiger partial charge in [0.05, 0.1) is 10.6 Å². The quantitative estimate of drug-likeness (QED) is 0.840. The van der Waals surface area contributed by atoms with E-state index in [1.807, 2.05) is 19.1 Å². The molecular formula is C19H23FN2O3S. The van der Waals surface area contributed by atoms with E-state index in [1.165, 1.54) is 30.0 Å². The summed E-state index contributed by atoms with van der Waals surface area (Å²) < 4.78 is 41.7. The van der Waals surface area contributed by atoms with Gasteiger partial charge in [0.15, 0.2) is 0 Å². The highest BCUT2D eigenvalue weighted by atomic mass is 32.2. The fourth-order valence-electron chi connectivity index (χ4n) is 3.07. The highest BCUT2D eigenvalue weighted by molar-refractivity contribution is 7.89. The van der Waals surface area contributed by atoms with Gasteiger partial charge in [-0.15, -0.1) is 0 Å². The van der Waals surface area contributed by atoms with E-state index in [0.29, 0.717) is 11.1 Å². The van der Waals surface area contributed by atoms with Crippen LogP contribution in [0.1, 0.15) is 23.6 Å². The average molecular weight is 378 g/mol. The molecule has 2 aromatic rings. The molecule has 0 bridgehead atoms. The van der Waals surface area contributed by atoms with Gasteiger partial charge in [-0.3, -0.25) is 4.79 Å². The summed E-state index contributed by atoms with van der Waals surface area (Å²) in [4.78, 5) is 13.3. The van der Waals surface area contributed by atoms with Crippen molar-refractivity contribution in [2.45, 2.75) is 32.6 Å². The van der Waals surface area contributed by atoms with E-state index in [9.17, 15) is 17.6 Å². The summed E-state index contributed by atoms with van der Waals surface area (Å²) in [7, 11) is -3.73. The number of anilines is 1. The summed E-state index contributed by atoms with van der Waals surface area (Å²) in [6.45, 7) is 6.71. The maximum absolute atomic E-state index is 13.9. The molecular weight excluding hydrogens is 355 g/mol. The lowest BCUT2D eigenvalue weighted by Gasteiger charge is -2.22. The van der Waals surface area contributed by atoms with Crippen LogP contribution in [0.4, 0.5) is 10.1 Å². The zero-order valence-electron chi connectivity index (χ0n) is 15.3. The number of nitrogens with one attached hydrogen (secondary N) is 1. The molecule has 7 heteroatoms. The zero-order valence-corrected chi connectivity index (χ0v) is 16.2. The van der Waals surface area contributed by atoms with Crippen LogP contribution in [-0.2, 0) is 14.8 Å². The maximum Gasteiger partial charge on any atom is 0.241 e. The molecule has 26 heavy (non-hydrogen) atoms. The maximum atomic E-state index is 13.9. The Hall–Kier alpha value is -2.25. The van der Waals surface area contributed by atoms with Crippen molar-refractivity contribution in [3.8, 4) is 0 Å². The van der Waals surface area contributed by atoms with E-state index in [4.69, 9.17) is 0 Å². The van der Waals surface area contributed by atoms with Crippen LogP contribution >= 0.6 is 0 Å². The van der Waals surface area contributed by atoms with Gasteiger partial charge in [-0.2, -0.15) is 0 Å². The van der Waals surface area contributed by atoms with E-state index < -0.39 is 15.8 Å². The Morgan fingerprint density at radius 3 is 2.23 bits per heavy atom. The van der Waals surface area contributed by atoms with E-state index in [1.54, 1.807) is 19.9 Å². The van der Waals surface area contributed by atoms with Crippen LogP contribution in [0.3, 0.4) is 0 Å². The normalized spacial score (nSPS) is 11.4. The van der Waals surface area contributed by atoms with Gasteiger partial charge in [-0.1, -0.05) is 29.8 Å². The molecule has 0 aliphatic carbocycles. The number of amides is 1. The number of nitrogens with zero attached hydrogens (tertiary/aromatic N) is 1. The minimum absolute atomic E-state index is 0.0248. The topological polar surface area (TPSA) is 66.5 Å². The van der Waals surface area contributed by atoms with Crippen LogP contribution < -0.4 is 9.62 Å². The number of carbonyl (C=O) groups is 1. The molecule has 0 saturated heterocycles. The van der Waals surface area contributed by atoms with Crippen molar-refractivity contribution in [3.63, 3.8) is 0 Å². The van der Waals surface area contributed by atoms with Crippen molar-refractivity contribution >= 4 is 21.6 Å². The monoisotopic (exact) mass is 378 g/mol. The minimum atomic E-state index is -3.73. The smallest absolute Gasteiger partial charge is 0.241 e. The third-order valence-corrected chi connectivity index (χ3v) is 5.79. The molecule has 1 amide bonds. The summed E-state index contributed by atoms with van der Waals surface area (Å²) in [5.41, 5.74) is 2.43. The molecule has 0 aliphatic rings. The van der Waals surface area contributed by atoms with Crippen LogP contribution in [0.2, 0.25) is 0 Å². The lowest BCUT2D eigenvalue weighted by molar-refractivity contribution is -0.116. The standard InChI is InChI=1S/C19H23FN2O3S/c1-13-11-14(2)19(15(3)12-13)26(24,25)21-9-10-22(16(4)23)18-8-6-5-7-17(18)20/h5-8,11-12,21H,9-10H2,1-4H3. The molecule has 1 N–H and O–H groups in total. The van der Waals surface area contributed by atoms with Crippen LogP contribution in [0.15, 0.2) is 41.3 Å². The number of hydrogen-bond donors (Lipinski definition) is 1. The number of halogens is 1. The largest absolute Gasteiger partial charge is 0.309 e. The van der Waals surface area contributed by atoms with Crippen molar-refractivity contribution in [1.82, 2.24) is 4.72 Å². The summed E-state index contributed by atoms with van der Waals surface area (Å²) in [5, 5.41) is 0. The fraction of sp³-hybridized carbons (Fsp3) is 0.316. The van der Waals surface area contributed by atoms with Gasteiger partial charge in [0.25, 0.3) is 0 Å². The first-order chi connectivity index (χ1) is 12.1. The predicted molar refractivity (Wildman–Crippen MR) is 100 cm³/mol. The number of para-hydroxylation sites is 1. The number of rotatable bonds is 6. The molecule has 2 rings (SSSR count). The van der Waals surface area contributed by atoms with E-state index >= 15 is 0 Å². The summed E-state index contributed by atoms with van der Waals surface area (Å²) in [6, 6.07) is 9.51. The van der Waals surface area contributed by atoms with E-state index in [2.05, 4.69) is 4.72 Å². The van der Waals surface area contributed by atoms with Crippen LogP contribution in [0.25, 0.3) is 0 Å². The molecule has 0 aliphatic heterocycles. The van der Waals surface area contributed by atoms with Crippen LogP contribution in [-0.4, -0.2) is 27.4 Å². The van der Waals surface area contributed by atoms with Gasteiger partial charge < -0.3 is 4.90 Å². The van der Waals surface area contributed by atoms with Crippen molar-refractivity contribution in [3.05, 3.63) is 58.9 Å². The first-order valence-corrected chi connectivity index (χ1v) is 9.72. The number of aryl methyl sites for hydroxylation is 3. The van der Waals surface area contributed by atoms with Gasteiger partial charge >= 0.3 is 0 Å². The van der Waals surface area contributed by atoms with E-state index in [0.717, 1.165) is 5.56 Å². The fourth-order valence-corrected chi connectivity index (χ4v) is 4.54. The Kier molecular flexibility index (Phi) is 6.15. The third kappa shape index (κ3) is 4.47. The Morgan fingerprint density at radius 1 is 1.12 bits per heavy atom. The first-order valence-electron chi connectivity index (χ1n) is 8.23. The minimum Gasteiger partial charge on any atom is -0.309 e. The molecule has 0 heterocycles.